The van der Waals surface area contributed by atoms with Gasteiger partial charge in [-0.3, -0.25) is 4.55 Å². The Labute approximate surface area is 84.0 Å². The fourth-order valence-corrected chi connectivity index (χ4v) is 3.25. The monoisotopic (exact) mass is 227 g/mol. The van der Waals surface area contributed by atoms with Crippen molar-refractivity contribution in [2.45, 2.75) is 26.7 Å². The van der Waals surface area contributed by atoms with E-state index in [9.17, 15) is 8.42 Å². The summed E-state index contributed by atoms with van der Waals surface area (Å²) in [5.74, 6) is 3.38. The first-order valence-corrected chi connectivity index (χ1v) is 7.93. The molecule has 0 atom stereocenters. The third-order valence-electron chi connectivity index (χ3n) is 1.90. The van der Waals surface area contributed by atoms with Gasteiger partial charge in [-0.2, -0.15) is 8.42 Å². The van der Waals surface area contributed by atoms with Crippen molar-refractivity contribution in [2.75, 3.05) is 23.0 Å². The van der Waals surface area contributed by atoms with E-state index in [1.165, 1.54) is 11.5 Å². The molecule has 0 aromatic heterocycles. The highest BCUT2D eigenvalue weighted by Gasteiger charge is 2.12. The second-order valence-electron chi connectivity index (χ2n) is 2.89. The van der Waals surface area contributed by atoms with Crippen LogP contribution in [-0.2, 0) is 21.0 Å². The number of hydrogen-bond acceptors (Lipinski definition) is 2. The van der Waals surface area contributed by atoms with E-state index in [0.29, 0.717) is 17.3 Å². The third-order valence-corrected chi connectivity index (χ3v) is 5.21. The van der Waals surface area contributed by atoms with Crippen molar-refractivity contribution in [1.29, 1.82) is 0 Å². The minimum absolute atomic E-state index is 0.0857. The first-order chi connectivity index (χ1) is 5.99. The quantitative estimate of drug-likeness (QED) is 0.405. The standard InChI is InChI=1S/C8H18O3S2/c1-3-12(4-2)7-5-6-8-13(9,10)11/h3-8H2,1-2H3/p+1. The molecule has 0 aromatic carbocycles. The van der Waals surface area contributed by atoms with Crippen LogP contribution < -0.4 is 0 Å². The molecule has 0 amide bonds. The van der Waals surface area contributed by atoms with Crippen molar-refractivity contribution in [2.24, 2.45) is 0 Å². The van der Waals surface area contributed by atoms with E-state index in [1.54, 1.807) is 0 Å². The van der Waals surface area contributed by atoms with Crippen molar-refractivity contribution < 1.29 is 13.0 Å². The molecule has 0 heterocycles. The molecule has 1 N–H and O–H groups in total. The first-order valence-electron chi connectivity index (χ1n) is 4.58. The second-order valence-corrected chi connectivity index (χ2v) is 7.25. The molecule has 0 bridgehead atoms. The zero-order valence-corrected chi connectivity index (χ0v) is 9.96. The van der Waals surface area contributed by atoms with Gasteiger partial charge >= 0.3 is 0 Å². The van der Waals surface area contributed by atoms with Gasteiger partial charge < -0.3 is 0 Å². The second kappa shape index (κ2) is 6.68. The Hall–Kier alpha value is 0.260. The van der Waals surface area contributed by atoms with Crippen molar-refractivity contribution in [3.8, 4) is 0 Å². The maximum atomic E-state index is 10.4. The van der Waals surface area contributed by atoms with Crippen LogP contribution in [0.25, 0.3) is 0 Å². The smallest absolute Gasteiger partial charge is 0.264 e. The molecule has 0 spiro atoms. The van der Waals surface area contributed by atoms with Gasteiger partial charge in [0, 0.05) is 0 Å². The summed E-state index contributed by atoms with van der Waals surface area (Å²) in [4.78, 5) is 0. The summed E-state index contributed by atoms with van der Waals surface area (Å²) in [5.41, 5.74) is 0. The maximum absolute atomic E-state index is 10.4. The zero-order chi connectivity index (χ0) is 10.3. The molecule has 0 aromatic rings. The van der Waals surface area contributed by atoms with Crippen LogP contribution in [0.1, 0.15) is 26.7 Å². The van der Waals surface area contributed by atoms with Crippen molar-refractivity contribution in [3.05, 3.63) is 0 Å². The van der Waals surface area contributed by atoms with Crippen LogP contribution in [0.4, 0.5) is 0 Å². The van der Waals surface area contributed by atoms with Gasteiger partial charge in [0.2, 0.25) is 0 Å². The zero-order valence-electron chi connectivity index (χ0n) is 8.32. The van der Waals surface area contributed by atoms with Crippen molar-refractivity contribution >= 4 is 21.0 Å². The molecule has 0 aliphatic heterocycles. The van der Waals surface area contributed by atoms with E-state index < -0.39 is 10.1 Å². The predicted octanol–water partition coefficient (Wildman–Crippen LogP) is 1.31. The lowest BCUT2D eigenvalue weighted by atomic mass is 10.4. The molecule has 0 radical (unpaired) electrons. The van der Waals surface area contributed by atoms with Crippen LogP contribution in [0.3, 0.4) is 0 Å². The number of unbranched alkanes of at least 4 members (excludes halogenated alkanes) is 1. The Balaban J connectivity index is 3.45. The predicted molar refractivity (Wildman–Crippen MR) is 59.0 cm³/mol. The molecule has 5 heteroatoms. The van der Waals surface area contributed by atoms with Crippen LogP contribution >= 0.6 is 0 Å². The topological polar surface area (TPSA) is 54.4 Å². The Kier molecular flexibility index (Phi) is 6.81. The van der Waals surface area contributed by atoms with E-state index in [0.717, 1.165) is 12.2 Å². The largest absolute Gasteiger partial charge is 0.286 e. The lowest BCUT2D eigenvalue weighted by Gasteiger charge is -2.02. The minimum atomic E-state index is -3.73. The molecule has 80 valence electrons. The van der Waals surface area contributed by atoms with Crippen LogP contribution in [0.15, 0.2) is 0 Å². The van der Waals surface area contributed by atoms with E-state index in [4.69, 9.17) is 4.55 Å². The molecule has 0 aliphatic rings. The fourth-order valence-electron chi connectivity index (χ4n) is 1.08. The van der Waals surface area contributed by atoms with E-state index in [1.807, 2.05) is 0 Å². The highest BCUT2D eigenvalue weighted by Crippen LogP contribution is 2.02. The van der Waals surface area contributed by atoms with Gasteiger partial charge in [-0.15, -0.1) is 0 Å². The molecule has 0 saturated carbocycles. The van der Waals surface area contributed by atoms with Gasteiger partial charge in [0.25, 0.3) is 10.1 Å². The number of hydrogen-bond donors (Lipinski definition) is 1. The molecule has 13 heavy (non-hydrogen) atoms. The molecule has 0 unspecified atom stereocenters. The van der Waals surface area contributed by atoms with E-state index >= 15 is 0 Å². The molecular formula is C8H19O3S2+. The van der Waals surface area contributed by atoms with Crippen LogP contribution in [0, 0.1) is 0 Å². The molecule has 0 saturated heterocycles. The Morgan fingerprint density at radius 1 is 1.15 bits per heavy atom. The molecule has 3 nitrogen and oxygen atoms in total. The van der Waals surface area contributed by atoms with Crippen molar-refractivity contribution in [1.82, 2.24) is 0 Å². The summed E-state index contributed by atoms with van der Waals surface area (Å²) >= 11 is 0. The lowest BCUT2D eigenvalue weighted by Crippen LogP contribution is -2.14. The highest BCUT2D eigenvalue weighted by atomic mass is 32.2. The normalized spacial score (nSPS) is 12.3. The van der Waals surface area contributed by atoms with E-state index in [-0.39, 0.29) is 5.75 Å². The summed E-state index contributed by atoms with van der Waals surface area (Å²) in [6, 6.07) is 0. The van der Waals surface area contributed by atoms with Crippen LogP contribution in [0.2, 0.25) is 0 Å². The summed E-state index contributed by atoms with van der Waals surface area (Å²) in [7, 11) is -3.28. The van der Waals surface area contributed by atoms with E-state index in [2.05, 4.69) is 13.8 Å². The Morgan fingerprint density at radius 2 is 1.69 bits per heavy atom. The lowest BCUT2D eigenvalue weighted by molar-refractivity contribution is 0.481. The van der Waals surface area contributed by atoms with Crippen LogP contribution in [-0.4, -0.2) is 36.0 Å². The summed E-state index contributed by atoms with van der Waals surface area (Å²) < 4.78 is 29.2. The van der Waals surface area contributed by atoms with Gasteiger partial charge in [0.15, 0.2) is 0 Å². The molecular weight excluding hydrogens is 208 g/mol. The molecule has 0 fully saturated rings. The summed E-state index contributed by atoms with van der Waals surface area (Å²) in [5, 5.41) is 0. The average Bonchev–Trinajstić information content (AvgIpc) is 2.03. The molecule has 0 aliphatic carbocycles. The minimum Gasteiger partial charge on any atom is -0.286 e. The Bertz CT molecular complexity index is 207. The van der Waals surface area contributed by atoms with Crippen LogP contribution in [0.5, 0.6) is 0 Å². The third kappa shape index (κ3) is 8.59. The average molecular weight is 227 g/mol. The summed E-state index contributed by atoms with van der Waals surface area (Å²) in [6.07, 6.45) is 1.49. The van der Waals surface area contributed by atoms with Crippen molar-refractivity contribution in [3.63, 3.8) is 0 Å². The number of rotatable bonds is 7. The summed E-state index contributed by atoms with van der Waals surface area (Å²) in [6.45, 7) is 4.32. The first kappa shape index (κ1) is 13.3. The Morgan fingerprint density at radius 3 is 2.08 bits per heavy atom. The van der Waals surface area contributed by atoms with Gasteiger partial charge in [0.05, 0.1) is 5.75 Å². The fraction of sp³-hybridized carbons (Fsp3) is 1.00. The SMILES string of the molecule is CC[S+](CC)CCCCS(=O)(=O)O. The highest BCUT2D eigenvalue weighted by molar-refractivity contribution is 7.96. The maximum Gasteiger partial charge on any atom is 0.264 e. The van der Waals surface area contributed by atoms with Gasteiger partial charge in [-0.05, 0) is 37.6 Å². The van der Waals surface area contributed by atoms with Gasteiger partial charge in [-0.25, -0.2) is 0 Å². The molecule has 0 rings (SSSR count). The van der Waals surface area contributed by atoms with Gasteiger partial charge in [-0.1, -0.05) is 0 Å². The van der Waals surface area contributed by atoms with Gasteiger partial charge in [0.1, 0.15) is 17.3 Å².